The maximum absolute atomic E-state index is 4.59. The van der Waals surface area contributed by atoms with E-state index in [2.05, 4.69) is 27.2 Å². The average molecular weight is 256 g/mol. The van der Waals surface area contributed by atoms with Crippen LogP contribution in [0.4, 0.5) is 5.82 Å². The van der Waals surface area contributed by atoms with Crippen LogP contribution in [0.5, 0.6) is 0 Å². The van der Waals surface area contributed by atoms with E-state index >= 15 is 0 Å². The molecule has 0 bridgehead atoms. The highest BCUT2D eigenvalue weighted by molar-refractivity contribution is 5.75. The SMILES string of the molecule is CN1CCCCC1CNc1cnc2ccccc2n1. The van der Waals surface area contributed by atoms with E-state index in [0.29, 0.717) is 6.04 Å². The van der Waals surface area contributed by atoms with Crippen molar-refractivity contribution < 1.29 is 0 Å². The van der Waals surface area contributed by atoms with Crippen LogP contribution >= 0.6 is 0 Å². The number of likely N-dealkylation sites (tertiary alicyclic amines) is 1. The number of para-hydroxylation sites is 2. The minimum Gasteiger partial charge on any atom is -0.367 e. The van der Waals surface area contributed by atoms with E-state index in [4.69, 9.17) is 0 Å². The molecule has 1 aromatic heterocycles. The molecule has 1 atom stereocenters. The Balaban J connectivity index is 1.67. The van der Waals surface area contributed by atoms with Crippen LogP contribution in [0.2, 0.25) is 0 Å². The Bertz CT molecular complexity index is 555. The van der Waals surface area contributed by atoms with Crippen LogP contribution in [0.1, 0.15) is 19.3 Å². The first-order valence-corrected chi connectivity index (χ1v) is 6.99. The van der Waals surface area contributed by atoms with Gasteiger partial charge in [0, 0.05) is 12.6 Å². The zero-order valence-electron chi connectivity index (χ0n) is 11.3. The number of likely N-dealkylation sites (N-methyl/N-ethyl adjacent to an activating group) is 1. The van der Waals surface area contributed by atoms with Crippen molar-refractivity contribution in [3.8, 4) is 0 Å². The molecule has 4 heteroatoms. The van der Waals surface area contributed by atoms with Crippen LogP contribution in [-0.2, 0) is 0 Å². The lowest BCUT2D eigenvalue weighted by Crippen LogP contribution is -2.40. The summed E-state index contributed by atoms with van der Waals surface area (Å²) in [5.74, 6) is 0.873. The number of benzene rings is 1. The van der Waals surface area contributed by atoms with Gasteiger partial charge in [0.05, 0.1) is 17.2 Å². The van der Waals surface area contributed by atoms with Gasteiger partial charge in [0.1, 0.15) is 5.82 Å². The molecule has 3 rings (SSSR count). The Morgan fingerprint density at radius 3 is 2.95 bits per heavy atom. The van der Waals surface area contributed by atoms with Crippen molar-refractivity contribution in [3.63, 3.8) is 0 Å². The number of nitrogens with zero attached hydrogens (tertiary/aromatic N) is 3. The molecule has 0 radical (unpaired) electrons. The normalized spacial score (nSPS) is 20.6. The molecule has 1 saturated heterocycles. The number of nitrogens with one attached hydrogen (secondary N) is 1. The Kier molecular flexibility index (Phi) is 3.60. The Hall–Kier alpha value is -1.68. The summed E-state index contributed by atoms with van der Waals surface area (Å²) in [5, 5.41) is 3.42. The highest BCUT2D eigenvalue weighted by Crippen LogP contribution is 2.16. The highest BCUT2D eigenvalue weighted by Gasteiger charge is 2.18. The fraction of sp³-hybridized carbons (Fsp3) is 0.467. The molecule has 4 nitrogen and oxygen atoms in total. The van der Waals surface area contributed by atoms with Crippen molar-refractivity contribution in [2.75, 3.05) is 25.5 Å². The summed E-state index contributed by atoms with van der Waals surface area (Å²) in [7, 11) is 2.21. The van der Waals surface area contributed by atoms with E-state index in [9.17, 15) is 0 Å². The molecular formula is C15H20N4. The van der Waals surface area contributed by atoms with E-state index in [1.165, 1.54) is 25.8 Å². The third kappa shape index (κ3) is 2.84. The lowest BCUT2D eigenvalue weighted by atomic mass is 10.0. The fourth-order valence-electron chi connectivity index (χ4n) is 2.67. The zero-order chi connectivity index (χ0) is 13.1. The maximum Gasteiger partial charge on any atom is 0.145 e. The number of hydrogen-bond acceptors (Lipinski definition) is 4. The minimum absolute atomic E-state index is 0.613. The second-order valence-corrected chi connectivity index (χ2v) is 5.26. The Labute approximate surface area is 113 Å². The van der Waals surface area contributed by atoms with E-state index in [1.54, 1.807) is 0 Å². The van der Waals surface area contributed by atoms with Gasteiger partial charge >= 0.3 is 0 Å². The number of piperidine rings is 1. The molecule has 1 unspecified atom stereocenters. The molecule has 1 fully saturated rings. The summed E-state index contributed by atoms with van der Waals surface area (Å²) in [5.41, 5.74) is 1.90. The molecule has 2 aromatic rings. The highest BCUT2D eigenvalue weighted by atomic mass is 15.2. The van der Waals surface area contributed by atoms with Crippen LogP contribution < -0.4 is 5.32 Å². The Morgan fingerprint density at radius 1 is 1.26 bits per heavy atom. The van der Waals surface area contributed by atoms with Crippen molar-refractivity contribution in [2.24, 2.45) is 0 Å². The van der Waals surface area contributed by atoms with Crippen LogP contribution in [-0.4, -0.2) is 41.0 Å². The number of anilines is 1. The first kappa shape index (κ1) is 12.4. The minimum atomic E-state index is 0.613. The molecule has 1 N–H and O–H groups in total. The Morgan fingerprint density at radius 2 is 2.11 bits per heavy atom. The molecule has 100 valence electrons. The van der Waals surface area contributed by atoms with Gasteiger partial charge in [-0.05, 0) is 38.6 Å². The van der Waals surface area contributed by atoms with Gasteiger partial charge in [-0.3, -0.25) is 4.98 Å². The molecule has 1 aromatic carbocycles. The number of rotatable bonds is 3. The van der Waals surface area contributed by atoms with Gasteiger partial charge in [-0.15, -0.1) is 0 Å². The lowest BCUT2D eigenvalue weighted by molar-refractivity contribution is 0.194. The van der Waals surface area contributed by atoms with Crippen LogP contribution in [0.3, 0.4) is 0 Å². The summed E-state index contributed by atoms with van der Waals surface area (Å²) < 4.78 is 0. The van der Waals surface area contributed by atoms with Gasteiger partial charge in [0.25, 0.3) is 0 Å². The lowest BCUT2D eigenvalue weighted by Gasteiger charge is -2.32. The zero-order valence-corrected chi connectivity index (χ0v) is 11.3. The van der Waals surface area contributed by atoms with Gasteiger partial charge < -0.3 is 10.2 Å². The molecular weight excluding hydrogens is 236 g/mol. The fourth-order valence-corrected chi connectivity index (χ4v) is 2.67. The summed E-state index contributed by atoms with van der Waals surface area (Å²) in [6.45, 7) is 2.15. The number of fused-ring (bicyclic) bond motifs is 1. The van der Waals surface area contributed by atoms with Crippen LogP contribution in [0, 0.1) is 0 Å². The van der Waals surface area contributed by atoms with Gasteiger partial charge in [0.15, 0.2) is 0 Å². The molecule has 1 aliphatic rings. The van der Waals surface area contributed by atoms with Crippen LogP contribution in [0.15, 0.2) is 30.5 Å². The molecule has 2 heterocycles. The van der Waals surface area contributed by atoms with E-state index < -0.39 is 0 Å². The van der Waals surface area contributed by atoms with Crippen LogP contribution in [0.25, 0.3) is 11.0 Å². The predicted octanol–water partition coefficient (Wildman–Crippen LogP) is 2.53. The van der Waals surface area contributed by atoms with Crippen molar-refractivity contribution in [3.05, 3.63) is 30.5 Å². The van der Waals surface area contributed by atoms with E-state index in [-0.39, 0.29) is 0 Å². The molecule has 0 saturated carbocycles. The quantitative estimate of drug-likeness (QED) is 0.916. The topological polar surface area (TPSA) is 41.0 Å². The molecule has 0 aliphatic carbocycles. The maximum atomic E-state index is 4.59. The van der Waals surface area contributed by atoms with Gasteiger partial charge in [-0.25, -0.2) is 4.98 Å². The molecule has 1 aliphatic heterocycles. The third-order valence-corrected chi connectivity index (χ3v) is 3.89. The van der Waals surface area contributed by atoms with Crippen molar-refractivity contribution in [1.82, 2.24) is 14.9 Å². The number of aromatic nitrogens is 2. The first-order chi connectivity index (χ1) is 9.33. The van der Waals surface area contributed by atoms with Crippen molar-refractivity contribution in [2.45, 2.75) is 25.3 Å². The smallest absolute Gasteiger partial charge is 0.145 e. The summed E-state index contributed by atoms with van der Waals surface area (Å²) in [4.78, 5) is 11.5. The summed E-state index contributed by atoms with van der Waals surface area (Å²) in [6, 6.07) is 8.58. The summed E-state index contributed by atoms with van der Waals surface area (Å²) in [6.07, 6.45) is 5.75. The second kappa shape index (κ2) is 5.53. The monoisotopic (exact) mass is 256 g/mol. The molecule has 19 heavy (non-hydrogen) atoms. The largest absolute Gasteiger partial charge is 0.367 e. The molecule has 0 spiro atoms. The second-order valence-electron chi connectivity index (χ2n) is 5.26. The van der Waals surface area contributed by atoms with Gasteiger partial charge in [0.2, 0.25) is 0 Å². The van der Waals surface area contributed by atoms with Gasteiger partial charge in [-0.2, -0.15) is 0 Å². The van der Waals surface area contributed by atoms with Crippen molar-refractivity contribution in [1.29, 1.82) is 0 Å². The standard InChI is InChI=1S/C15H20N4/c1-19-9-5-4-6-12(19)10-17-15-11-16-13-7-2-3-8-14(13)18-15/h2-3,7-8,11-12H,4-6,9-10H2,1H3,(H,17,18). The van der Waals surface area contributed by atoms with Gasteiger partial charge in [-0.1, -0.05) is 18.6 Å². The molecule has 0 amide bonds. The summed E-state index contributed by atoms with van der Waals surface area (Å²) >= 11 is 0. The third-order valence-electron chi connectivity index (χ3n) is 3.89. The van der Waals surface area contributed by atoms with Crippen molar-refractivity contribution >= 4 is 16.9 Å². The van der Waals surface area contributed by atoms with E-state index in [1.807, 2.05) is 30.5 Å². The predicted molar refractivity (Wildman–Crippen MR) is 78.3 cm³/mol. The van der Waals surface area contributed by atoms with E-state index in [0.717, 1.165) is 23.4 Å². The average Bonchev–Trinajstić information content (AvgIpc) is 2.46. The number of hydrogen-bond donors (Lipinski definition) is 1. The first-order valence-electron chi connectivity index (χ1n) is 6.99.